The highest BCUT2D eigenvalue weighted by molar-refractivity contribution is 5.88. The fraction of sp³-hybridized carbons (Fsp3) is 0.778. The summed E-state index contributed by atoms with van der Waals surface area (Å²) >= 11 is 0. The van der Waals surface area contributed by atoms with Crippen LogP contribution in [-0.2, 0) is 9.53 Å². The fourth-order valence-corrected chi connectivity index (χ4v) is 2.84. The molecule has 0 aromatic rings. The van der Waals surface area contributed by atoms with Gasteiger partial charge in [-0.3, -0.25) is 4.90 Å². The van der Waals surface area contributed by atoms with E-state index in [-0.39, 0.29) is 13.2 Å². The number of aliphatic hydroxyl groups excluding tert-OH is 1. The molecule has 15 heavy (non-hydrogen) atoms. The van der Waals surface area contributed by atoms with Crippen LogP contribution in [0.2, 0.25) is 0 Å². The fourth-order valence-electron chi connectivity index (χ4n) is 2.84. The van der Waals surface area contributed by atoms with Gasteiger partial charge in [-0.05, 0) is 12.8 Å². The zero-order valence-electron chi connectivity index (χ0n) is 8.39. The highest BCUT2D eigenvalue weighted by Gasteiger charge is 2.71. The Balaban J connectivity index is 2.27. The Morgan fingerprint density at radius 3 is 2.47 bits per heavy atom. The second-order valence-corrected chi connectivity index (χ2v) is 4.40. The minimum Gasteiger partial charge on any atom is -0.467 e. The smallest absolute Gasteiger partial charge is 0.408 e. The SMILES string of the molecule is COC(=O)C12CC(CO)(CN1C(=O)O)C2. The zero-order chi connectivity index (χ0) is 11.3. The van der Waals surface area contributed by atoms with Gasteiger partial charge in [0.2, 0.25) is 0 Å². The van der Waals surface area contributed by atoms with Crippen LogP contribution in [0.15, 0.2) is 0 Å². The van der Waals surface area contributed by atoms with Gasteiger partial charge in [-0.25, -0.2) is 9.59 Å². The third kappa shape index (κ3) is 1.08. The molecule has 6 nitrogen and oxygen atoms in total. The largest absolute Gasteiger partial charge is 0.467 e. The van der Waals surface area contributed by atoms with Crippen LogP contribution in [-0.4, -0.2) is 53.0 Å². The van der Waals surface area contributed by atoms with E-state index in [2.05, 4.69) is 4.74 Å². The second kappa shape index (κ2) is 2.85. The average molecular weight is 215 g/mol. The highest BCUT2D eigenvalue weighted by Crippen LogP contribution is 2.59. The number of rotatable bonds is 2. The number of fused-ring (bicyclic) bond motifs is 1. The summed E-state index contributed by atoms with van der Waals surface area (Å²) in [5, 5.41) is 18.1. The van der Waals surface area contributed by atoms with Gasteiger partial charge in [-0.2, -0.15) is 0 Å². The molecule has 0 aromatic carbocycles. The molecule has 3 rings (SSSR count). The number of nitrogens with zero attached hydrogens (tertiary/aromatic N) is 1. The number of carbonyl (C=O) groups is 2. The molecule has 84 valence electrons. The Labute approximate surface area is 86.4 Å². The normalized spacial score (nSPS) is 37.3. The number of ether oxygens (including phenoxy) is 1. The molecule has 0 spiro atoms. The molecule has 3 fully saturated rings. The van der Waals surface area contributed by atoms with Crippen LogP contribution in [0.3, 0.4) is 0 Å². The van der Waals surface area contributed by atoms with Gasteiger partial charge < -0.3 is 14.9 Å². The quantitative estimate of drug-likeness (QED) is 0.615. The molecular formula is C9H13NO5. The summed E-state index contributed by atoms with van der Waals surface area (Å²) in [7, 11) is 1.24. The predicted molar refractivity (Wildman–Crippen MR) is 48.2 cm³/mol. The third-order valence-electron chi connectivity index (χ3n) is 3.48. The van der Waals surface area contributed by atoms with Crippen LogP contribution in [0.5, 0.6) is 0 Å². The minimum atomic E-state index is -1.13. The van der Waals surface area contributed by atoms with E-state index in [1.165, 1.54) is 7.11 Å². The molecule has 2 heterocycles. The third-order valence-corrected chi connectivity index (χ3v) is 3.48. The molecule has 1 aliphatic carbocycles. The number of hydrogen-bond donors (Lipinski definition) is 2. The molecule has 0 aromatic heterocycles. The van der Waals surface area contributed by atoms with E-state index in [0.29, 0.717) is 12.8 Å². The van der Waals surface area contributed by atoms with Crippen molar-refractivity contribution in [3.63, 3.8) is 0 Å². The first-order valence-corrected chi connectivity index (χ1v) is 4.70. The molecule has 1 saturated carbocycles. The number of carbonyl (C=O) groups excluding carboxylic acids is 1. The van der Waals surface area contributed by atoms with Gasteiger partial charge in [0.1, 0.15) is 5.54 Å². The molecule has 0 unspecified atom stereocenters. The van der Waals surface area contributed by atoms with Crippen molar-refractivity contribution in [3.8, 4) is 0 Å². The van der Waals surface area contributed by atoms with Crippen LogP contribution >= 0.6 is 0 Å². The Bertz CT molecular complexity index is 320. The van der Waals surface area contributed by atoms with E-state index in [9.17, 15) is 9.59 Å². The summed E-state index contributed by atoms with van der Waals surface area (Å²) in [5.41, 5.74) is -1.46. The molecule has 1 amide bonds. The lowest BCUT2D eigenvalue weighted by Gasteiger charge is -2.43. The van der Waals surface area contributed by atoms with E-state index in [4.69, 9.17) is 10.2 Å². The molecule has 0 radical (unpaired) electrons. The molecule has 2 saturated heterocycles. The molecule has 6 heteroatoms. The number of methoxy groups -OCH3 is 1. The van der Waals surface area contributed by atoms with Gasteiger partial charge in [-0.15, -0.1) is 0 Å². The van der Waals surface area contributed by atoms with Gasteiger partial charge in [0.05, 0.1) is 13.7 Å². The van der Waals surface area contributed by atoms with Crippen molar-refractivity contribution in [1.29, 1.82) is 0 Å². The van der Waals surface area contributed by atoms with Crippen molar-refractivity contribution in [2.45, 2.75) is 18.4 Å². The van der Waals surface area contributed by atoms with E-state index < -0.39 is 23.0 Å². The van der Waals surface area contributed by atoms with Crippen molar-refractivity contribution in [1.82, 2.24) is 4.90 Å². The molecule has 3 aliphatic rings. The van der Waals surface area contributed by atoms with Gasteiger partial charge in [-0.1, -0.05) is 0 Å². The minimum absolute atomic E-state index is 0.0878. The van der Waals surface area contributed by atoms with Crippen LogP contribution in [0.25, 0.3) is 0 Å². The van der Waals surface area contributed by atoms with E-state index in [1.54, 1.807) is 0 Å². The zero-order valence-corrected chi connectivity index (χ0v) is 8.39. The molecule has 0 atom stereocenters. The van der Waals surface area contributed by atoms with Crippen LogP contribution in [0.1, 0.15) is 12.8 Å². The topological polar surface area (TPSA) is 87.1 Å². The number of amides is 1. The average Bonchev–Trinajstić information content (AvgIpc) is 2.67. The first-order valence-electron chi connectivity index (χ1n) is 4.70. The number of carboxylic acid groups (broad SMARTS) is 1. The van der Waals surface area contributed by atoms with Crippen molar-refractivity contribution < 1.29 is 24.5 Å². The van der Waals surface area contributed by atoms with Crippen molar-refractivity contribution in [3.05, 3.63) is 0 Å². The summed E-state index contributed by atoms with van der Waals surface area (Å²) in [5.74, 6) is -0.522. The Hall–Kier alpha value is -1.30. The Kier molecular flexibility index (Phi) is 1.94. The Morgan fingerprint density at radius 2 is 2.07 bits per heavy atom. The summed E-state index contributed by atoms with van der Waals surface area (Å²) in [6, 6.07) is 0. The first-order chi connectivity index (χ1) is 6.99. The lowest BCUT2D eigenvalue weighted by Crippen LogP contribution is -2.57. The lowest BCUT2D eigenvalue weighted by molar-refractivity contribution is -0.158. The Morgan fingerprint density at radius 1 is 1.47 bits per heavy atom. The number of hydrogen-bond acceptors (Lipinski definition) is 4. The predicted octanol–water partition coefficient (Wildman–Crippen LogP) is -0.336. The standard InChI is InChI=1S/C9H13NO5/c1-15-6(12)9-2-8(3-9,5-11)4-10(9)7(13)14/h11H,2-5H2,1H3,(H,13,14). The van der Waals surface area contributed by atoms with Gasteiger partial charge >= 0.3 is 12.1 Å². The molecule has 2 bridgehead atoms. The molecule has 2 N–H and O–H groups in total. The summed E-state index contributed by atoms with van der Waals surface area (Å²) in [6.07, 6.45) is -0.390. The second-order valence-electron chi connectivity index (χ2n) is 4.40. The van der Waals surface area contributed by atoms with E-state index in [0.717, 1.165) is 4.90 Å². The molecule has 2 aliphatic heterocycles. The highest BCUT2D eigenvalue weighted by atomic mass is 16.5. The van der Waals surface area contributed by atoms with Crippen LogP contribution < -0.4 is 0 Å². The number of aliphatic hydroxyl groups is 1. The first kappa shape index (κ1) is 10.2. The van der Waals surface area contributed by atoms with Crippen molar-refractivity contribution in [2.24, 2.45) is 5.41 Å². The van der Waals surface area contributed by atoms with Gasteiger partial charge in [0.15, 0.2) is 0 Å². The summed E-state index contributed by atoms with van der Waals surface area (Å²) < 4.78 is 4.62. The summed E-state index contributed by atoms with van der Waals surface area (Å²) in [4.78, 5) is 23.6. The maximum Gasteiger partial charge on any atom is 0.408 e. The lowest BCUT2D eigenvalue weighted by atomic mass is 9.62. The maximum absolute atomic E-state index is 11.5. The monoisotopic (exact) mass is 215 g/mol. The van der Waals surface area contributed by atoms with E-state index in [1.807, 2.05) is 0 Å². The van der Waals surface area contributed by atoms with Crippen LogP contribution in [0, 0.1) is 5.41 Å². The van der Waals surface area contributed by atoms with Crippen molar-refractivity contribution >= 4 is 12.1 Å². The maximum atomic E-state index is 11.5. The van der Waals surface area contributed by atoms with Gasteiger partial charge in [0, 0.05) is 12.0 Å². The van der Waals surface area contributed by atoms with Crippen LogP contribution in [0.4, 0.5) is 4.79 Å². The summed E-state index contributed by atoms with van der Waals surface area (Å²) in [6.45, 7) is 0.128. The van der Waals surface area contributed by atoms with E-state index >= 15 is 0 Å². The van der Waals surface area contributed by atoms with Gasteiger partial charge in [0.25, 0.3) is 0 Å². The van der Waals surface area contributed by atoms with Crippen molar-refractivity contribution in [2.75, 3.05) is 20.3 Å². The number of esters is 1. The molecular weight excluding hydrogens is 202 g/mol.